The second-order valence-electron chi connectivity index (χ2n) is 8.12. The minimum absolute atomic E-state index is 0. The van der Waals surface area contributed by atoms with E-state index in [9.17, 15) is 0 Å². The number of para-hydroxylation sites is 1. The van der Waals surface area contributed by atoms with Crippen LogP contribution in [0.15, 0.2) is 42.2 Å². The number of nitrogens with one attached hydrogen (secondary N) is 1. The number of fused-ring (bicyclic) bond motifs is 1. The standard InChI is InChI=1S/C22H30N3S.HI/c1-22(2)15-18(24-11-6-7-12-24)14-21(26-3)25(22)13-10-17-16-23-20-9-5-4-8-19(17)20;/h4-5,8-9,14,16,23H,6-7,10-13,15H2,1-3H3;1H/q+1;/p-1. The Hall–Kier alpha value is -0.950. The second kappa shape index (κ2) is 8.60. The average Bonchev–Trinajstić information content (AvgIpc) is 3.29. The van der Waals surface area contributed by atoms with Gasteiger partial charge in [0.1, 0.15) is 6.54 Å². The number of aromatic nitrogens is 1. The molecule has 1 aromatic heterocycles. The zero-order chi connectivity index (χ0) is 18.1. The number of benzene rings is 1. The molecule has 2 aliphatic heterocycles. The van der Waals surface area contributed by atoms with Crippen LogP contribution in [0.25, 0.3) is 10.9 Å². The molecule has 5 heteroatoms. The second-order valence-corrected chi connectivity index (χ2v) is 8.95. The maximum Gasteiger partial charge on any atom is 0.236 e. The zero-order valence-corrected chi connectivity index (χ0v) is 19.6. The first kappa shape index (κ1) is 20.8. The number of H-pyrrole nitrogens is 1. The summed E-state index contributed by atoms with van der Waals surface area (Å²) in [6.07, 6.45) is 11.8. The van der Waals surface area contributed by atoms with Gasteiger partial charge in [-0.3, -0.25) is 0 Å². The zero-order valence-electron chi connectivity index (χ0n) is 16.6. The molecule has 0 saturated carbocycles. The quantitative estimate of drug-likeness (QED) is 0.515. The van der Waals surface area contributed by atoms with Gasteiger partial charge in [0, 0.05) is 62.2 Å². The van der Waals surface area contributed by atoms with Crippen molar-refractivity contribution in [1.29, 1.82) is 0 Å². The number of likely N-dealkylation sites (tertiary alicyclic amines) is 1. The Morgan fingerprint density at radius 1 is 1.19 bits per heavy atom. The highest BCUT2D eigenvalue weighted by Gasteiger charge is 2.39. The number of halogens is 1. The highest BCUT2D eigenvalue weighted by atomic mass is 127. The van der Waals surface area contributed by atoms with Crippen LogP contribution in [0.5, 0.6) is 0 Å². The summed E-state index contributed by atoms with van der Waals surface area (Å²) < 4.78 is 2.62. The van der Waals surface area contributed by atoms with E-state index in [1.807, 2.05) is 11.8 Å². The van der Waals surface area contributed by atoms with Crippen molar-refractivity contribution in [3.05, 3.63) is 47.8 Å². The maximum absolute atomic E-state index is 3.42. The first-order valence-electron chi connectivity index (χ1n) is 9.77. The predicted molar refractivity (Wildman–Crippen MR) is 113 cm³/mol. The van der Waals surface area contributed by atoms with Crippen LogP contribution < -0.4 is 24.0 Å². The third kappa shape index (κ3) is 4.24. The van der Waals surface area contributed by atoms with E-state index in [0.717, 1.165) is 19.4 Å². The first-order chi connectivity index (χ1) is 12.6. The molecule has 0 spiro atoms. The molecule has 3 heterocycles. The van der Waals surface area contributed by atoms with Crippen LogP contribution in [-0.4, -0.2) is 50.9 Å². The van der Waals surface area contributed by atoms with Crippen LogP contribution in [0, 0.1) is 0 Å². The van der Waals surface area contributed by atoms with Gasteiger partial charge in [-0.1, -0.05) is 30.0 Å². The Morgan fingerprint density at radius 2 is 1.93 bits per heavy atom. The molecule has 0 amide bonds. The fraction of sp³-hybridized carbons (Fsp3) is 0.500. The van der Waals surface area contributed by atoms with E-state index in [-0.39, 0.29) is 29.5 Å². The largest absolute Gasteiger partial charge is 1.00 e. The monoisotopic (exact) mass is 495 g/mol. The van der Waals surface area contributed by atoms with Crippen LogP contribution in [0.4, 0.5) is 0 Å². The fourth-order valence-corrected chi connectivity index (χ4v) is 5.28. The van der Waals surface area contributed by atoms with E-state index in [4.69, 9.17) is 0 Å². The smallest absolute Gasteiger partial charge is 0.236 e. The number of rotatable bonds is 4. The molecule has 146 valence electrons. The summed E-state index contributed by atoms with van der Waals surface area (Å²) in [5.41, 5.74) is 4.37. The number of nitrogens with zero attached hydrogens (tertiary/aromatic N) is 2. The van der Waals surface area contributed by atoms with E-state index >= 15 is 0 Å². The van der Waals surface area contributed by atoms with Gasteiger partial charge in [0.2, 0.25) is 5.04 Å². The van der Waals surface area contributed by atoms with Crippen LogP contribution in [0.3, 0.4) is 0 Å². The van der Waals surface area contributed by atoms with Crippen LogP contribution in [0.1, 0.15) is 38.7 Å². The Morgan fingerprint density at radius 3 is 2.67 bits per heavy atom. The molecule has 2 aliphatic rings. The van der Waals surface area contributed by atoms with Gasteiger partial charge in [-0.05, 0) is 30.7 Å². The Balaban J connectivity index is 0.00000210. The molecule has 0 radical (unpaired) electrons. The highest BCUT2D eigenvalue weighted by molar-refractivity contribution is 8.13. The van der Waals surface area contributed by atoms with Gasteiger partial charge < -0.3 is 33.9 Å². The molecule has 1 N–H and O–H groups in total. The summed E-state index contributed by atoms with van der Waals surface area (Å²) >= 11 is 1.89. The fourth-order valence-electron chi connectivity index (χ4n) is 4.47. The lowest BCUT2D eigenvalue weighted by atomic mass is 9.93. The predicted octanol–water partition coefficient (Wildman–Crippen LogP) is 1.65. The minimum Gasteiger partial charge on any atom is -1.00 e. The molecular weight excluding hydrogens is 465 g/mol. The Labute approximate surface area is 184 Å². The molecule has 27 heavy (non-hydrogen) atoms. The molecule has 1 fully saturated rings. The first-order valence-corrected chi connectivity index (χ1v) is 11.0. The van der Waals surface area contributed by atoms with E-state index in [1.165, 1.54) is 47.4 Å². The summed E-state index contributed by atoms with van der Waals surface area (Å²) in [7, 11) is 0. The Kier molecular flexibility index (Phi) is 6.62. The number of aromatic amines is 1. The Bertz CT molecular complexity index is 859. The van der Waals surface area contributed by atoms with Gasteiger partial charge in [-0.25, -0.2) is 4.58 Å². The highest BCUT2D eigenvalue weighted by Crippen LogP contribution is 2.31. The van der Waals surface area contributed by atoms with Crippen molar-refractivity contribution in [2.24, 2.45) is 0 Å². The van der Waals surface area contributed by atoms with Crippen molar-refractivity contribution in [2.45, 2.75) is 45.1 Å². The van der Waals surface area contributed by atoms with Gasteiger partial charge in [0.15, 0.2) is 5.54 Å². The summed E-state index contributed by atoms with van der Waals surface area (Å²) in [5, 5.41) is 2.78. The van der Waals surface area contributed by atoms with Crippen molar-refractivity contribution >= 4 is 27.7 Å². The summed E-state index contributed by atoms with van der Waals surface area (Å²) in [5.74, 6) is 0. The average molecular weight is 495 g/mol. The summed E-state index contributed by atoms with van der Waals surface area (Å²) in [4.78, 5) is 6.02. The lowest BCUT2D eigenvalue weighted by Crippen LogP contribution is -3.00. The molecule has 0 atom stereocenters. The molecule has 3 nitrogen and oxygen atoms in total. The van der Waals surface area contributed by atoms with Gasteiger partial charge in [0.05, 0.1) is 6.42 Å². The van der Waals surface area contributed by atoms with Gasteiger partial charge in [-0.2, -0.15) is 0 Å². The molecule has 4 rings (SSSR count). The molecule has 0 unspecified atom stereocenters. The van der Waals surface area contributed by atoms with Crippen molar-refractivity contribution in [3.8, 4) is 0 Å². The van der Waals surface area contributed by atoms with Crippen molar-refractivity contribution in [3.63, 3.8) is 0 Å². The number of thioether (sulfide) groups is 1. The third-order valence-electron chi connectivity index (χ3n) is 5.90. The maximum atomic E-state index is 3.42. The van der Waals surface area contributed by atoms with Crippen LogP contribution in [0.2, 0.25) is 0 Å². The van der Waals surface area contributed by atoms with Gasteiger partial charge in [0.25, 0.3) is 0 Å². The molecular formula is C22H30IN3S. The van der Waals surface area contributed by atoms with Crippen molar-refractivity contribution in [2.75, 3.05) is 25.9 Å². The molecule has 0 bridgehead atoms. The van der Waals surface area contributed by atoms with E-state index in [2.05, 4.69) is 71.1 Å². The van der Waals surface area contributed by atoms with E-state index < -0.39 is 0 Å². The number of hydrogen-bond donors (Lipinski definition) is 1. The number of hydrogen-bond acceptors (Lipinski definition) is 2. The van der Waals surface area contributed by atoms with E-state index in [1.54, 1.807) is 5.70 Å². The van der Waals surface area contributed by atoms with Gasteiger partial charge >= 0.3 is 0 Å². The lowest BCUT2D eigenvalue weighted by molar-refractivity contribution is -0.599. The van der Waals surface area contributed by atoms with Crippen LogP contribution in [-0.2, 0) is 6.42 Å². The summed E-state index contributed by atoms with van der Waals surface area (Å²) in [6.45, 7) is 8.34. The normalized spacial score (nSPS) is 19.4. The van der Waals surface area contributed by atoms with E-state index in [0.29, 0.717) is 0 Å². The van der Waals surface area contributed by atoms with Crippen LogP contribution >= 0.6 is 11.8 Å². The van der Waals surface area contributed by atoms with Crippen molar-refractivity contribution < 1.29 is 28.6 Å². The van der Waals surface area contributed by atoms with Crippen molar-refractivity contribution in [1.82, 2.24) is 9.88 Å². The molecule has 2 aromatic rings. The molecule has 1 aromatic carbocycles. The topological polar surface area (TPSA) is 22.0 Å². The van der Waals surface area contributed by atoms with Gasteiger partial charge in [-0.15, -0.1) is 0 Å². The third-order valence-corrected chi connectivity index (χ3v) is 6.66. The minimum atomic E-state index is 0. The molecule has 1 saturated heterocycles. The molecule has 0 aliphatic carbocycles. The lowest BCUT2D eigenvalue weighted by Gasteiger charge is -2.33. The SMILES string of the molecule is CSC1=[N+](CCc2c[nH]c3ccccc23)C(C)(C)CC(N2CCCC2)=C1.[I-]. The summed E-state index contributed by atoms with van der Waals surface area (Å²) in [6, 6.07) is 8.62.